The first kappa shape index (κ1) is 20.3. The van der Waals surface area contributed by atoms with E-state index in [0.717, 1.165) is 0 Å². The first-order chi connectivity index (χ1) is 7.83. The van der Waals surface area contributed by atoms with Gasteiger partial charge in [0.05, 0.1) is 0 Å². The second-order valence-electron chi connectivity index (χ2n) is 8.79. The third-order valence-corrected chi connectivity index (χ3v) is 21.9. The molecule has 2 rings (SSSR count). The van der Waals surface area contributed by atoms with Crippen LogP contribution in [0.4, 0.5) is 0 Å². The Hall–Kier alpha value is 1.33. The van der Waals surface area contributed by atoms with Crippen molar-refractivity contribution in [2.24, 2.45) is 0 Å². The van der Waals surface area contributed by atoms with E-state index in [9.17, 15) is 0 Å². The van der Waals surface area contributed by atoms with E-state index in [-0.39, 0.29) is 17.6 Å². The van der Waals surface area contributed by atoms with E-state index in [4.69, 9.17) is 0 Å². The van der Waals surface area contributed by atoms with Crippen LogP contribution in [0.2, 0.25) is 76.6 Å². The summed E-state index contributed by atoms with van der Waals surface area (Å²) < 4.78 is 7.69. The molecule has 0 unspecified atom stereocenters. The van der Waals surface area contributed by atoms with Crippen molar-refractivity contribution in [2.75, 3.05) is 0 Å². The van der Waals surface area contributed by atoms with Crippen LogP contribution in [0.3, 0.4) is 0 Å². The first-order valence-corrected chi connectivity index (χ1v) is 20.2. The summed E-state index contributed by atoms with van der Waals surface area (Å²) >= 11 is 0. The molecule has 2 N–H and O–H groups in total. The Kier molecular flexibility index (Phi) is 7.08. The zero-order chi connectivity index (χ0) is 14.2. The predicted molar refractivity (Wildman–Crippen MR) is 101 cm³/mol. The van der Waals surface area contributed by atoms with Gasteiger partial charge >= 0.3 is 0 Å². The quantitative estimate of drug-likeness (QED) is 0.617. The van der Waals surface area contributed by atoms with E-state index >= 15 is 0 Å². The van der Waals surface area contributed by atoms with Gasteiger partial charge in [-0.15, -0.1) is 0 Å². The van der Waals surface area contributed by atoms with Gasteiger partial charge in [-0.2, -0.15) is 0 Å². The molecule has 2 aliphatic rings. The summed E-state index contributed by atoms with van der Waals surface area (Å²) in [7, 11) is -3.46. The largest absolute Gasteiger partial charge is 0.359 e. The van der Waals surface area contributed by atoms with Crippen molar-refractivity contribution in [1.82, 2.24) is 9.30 Å². The van der Waals surface area contributed by atoms with Crippen molar-refractivity contribution in [1.29, 1.82) is 0 Å². The van der Waals surface area contributed by atoms with E-state index in [1.165, 1.54) is 24.2 Å². The fourth-order valence-electron chi connectivity index (χ4n) is 3.33. The topological polar surface area (TPSA) is 24.1 Å². The minimum absolute atomic E-state index is 0. The maximum atomic E-state index is 3.85. The molecule has 0 aromatic carbocycles. The summed E-state index contributed by atoms with van der Waals surface area (Å²) in [5, 5.41) is 0. The molecule has 112 valence electrons. The van der Waals surface area contributed by atoms with Crippen LogP contribution in [0.25, 0.3) is 0 Å². The molecule has 0 aliphatic carbocycles. The van der Waals surface area contributed by atoms with Gasteiger partial charge in [-0.1, -0.05) is 52.4 Å². The zero-order valence-corrected chi connectivity index (χ0v) is 20.4. The first-order valence-electron chi connectivity index (χ1n) is 7.41. The smallest absolute Gasteiger partial charge is 0.112 e. The fourth-order valence-corrected chi connectivity index (χ4v) is 30.0. The van der Waals surface area contributed by atoms with E-state index in [1.54, 1.807) is 0 Å². The molecule has 2 nitrogen and oxygen atoms in total. The second kappa shape index (κ2) is 6.62. The Morgan fingerprint density at radius 2 is 0.632 bits per heavy atom. The Balaban J connectivity index is 0.000000324. The van der Waals surface area contributed by atoms with Crippen LogP contribution < -0.4 is 9.30 Å². The molecule has 2 fully saturated rings. The van der Waals surface area contributed by atoms with Crippen molar-refractivity contribution in [3.8, 4) is 0 Å². The summed E-state index contributed by atoms with van der Waals surface area (Å²) in [5.74, 6) is 0. The van der Waals surface area contributed by atoms with Gasteiger partial charge < -0.3 is 9.30 Å². The monoisotopic (exact) mass is 392 g/mol. The Morgan fingerprint density at radius 3 is 0.684 bits per heavy atom. The standard InChI is InChI=1S/2C6H17NSi2.Ge/c2*1-8(2)5-6-9(3,4)7-8;/h2*7H,5-6H2,1-4H3;. The van der Waals surface area contributed by atoms with Crippen molar-refractivity contribution >= 4 is 50.5 Å². The van der Waals surface area contributed by atoms with E-state index in [2.05, 4.69) is 61.7 Å². The Morgan fingerprint density at radius 1 is 0.474 bits per heavy atom. The van der Waals surface area contributed by atoms with Crippen molar-refractivity contribution < 1.29 is 0 Å². The molecule has 2 aliphatic heterocycles. The minimum atomic E-state index is -0.864. The van der Waals surface area contributed by atoms with Crippen LogP contribution in [0.15, 0.2) is 0 Å². The summed E-state index contributed by atoms with van der Waals surface area (Å²) in [6.07, 6.45) is 0. The molecule has 4 radical (unpaired) electrons. The van der Waals surface area contributed by atoms with Gasteiger partial charge in [0.15, 0.2) is 0 Å². The maximum Gasteiger partial charge on any atom is 0.112 e. The van der Waals surface area contributed by atoms with Gasteiger partial charge in [0.2, 0.25) is 0 Å². The fraction of sp³-hybridized carbons (Fsp3) is 1.00. The molecule has 0 spiro atoms. The molecule has 0 bridgehead atoms. The Labute approximate surface area is 136 Å². The molecule has 0 amide bonds. The third-order valence-electron chi connectivity index (χ3n) is 4.10. The van der Waals surface area contributed by atoms with E-state index in [1.807, 2.05) is 0 Å². The Bertz CT molecular complexity index is 248. The van der Waals surface area contributed by atoms with Gasteiger partial charge in [-0.25, -0.2) is 0 Å². The van der Waals surface area contributed by atoms with Crippen LogP contribution in [0.1, 0.15) is 0 Å². The molecular formula is C12H34GeN2Si4. The summed E-state index contributed by atoms with van der Waals surface area (Å²) in [4.78, 5) is 0. The van der Waals surface area contributed by atoms with Gasteiger partial charge in [-0.3, -0.25) is 0 Å². The van der Waals surface area contributed by atoms with Crippen molar-refractivity contribution in [2.45, 2.75) is 76.6 Å². The third kappa shape index (κ3) is 7.77. The molecule has 2 saturated heterocycles. The summed E-state index contributed by atoms with van der Waals surface area (Å²) in [5.41, 5.74) is 0. The number of hydrogen-bond acceptors (Lipinski definition) is 2. The minimum Gasteiger partial charge on any atom is -0.359 e. The molecule has 7 heteroatoms. The molecule has 0 aromatic heterocycles. The van der Waals surface area contributed by atoms with Crippen LogP contribution in [-0.4, -0.2) is 50.5 Å². The van der Waals surface area contributed by atoms with Crippen molar-refractivity contribution in [3.05, 3.63) is 0 Å². The molecular weight excluding hydrogens is 357 g/mol. The molecule has 2 heterocycles. The second-order valence-corrected chi connectivity index (χ2v) is 27.9. The predicted octanol–water partition coefficient (Wildman–Crippen LogP) is 3.62. The summed E-state index contributed by atoms with van der Waals surface area (Å²) in [6.45, 7) is 19.5. The van der Waals surface area contributed by atoms with Gasteiger partial charge in [0, 0.05) is 17.6 Å². The number of rotatable bonds is 0. The van der Waals surface area contributed by atoms with Crippen LogP contribution in [-0.2, 0) is 0 Å². The molecule has 0 aromatic rings. The number of hydrogen-bond donors (Lipinski definition) is 2. The summed E-state index contributed by atoms with van der Waals surface area (Å²) in [6, 6.07) is 6.02. The average molecular weight is 391 g/mol. The zero-order valence-electron chi connectivity index (χ0n) is 14.3. The van der Waals surface area contributed by atoms with Crippen LogP contribution in [0, 0.1) is 0 Å². The van der Waals surface area contributed by atoms with Gasteiger partial charge in [0.25, 0.3) is 0 Å². The normalized spacial score (nSPS) is 29.1. The van der Waals surface area contributed by atoms with Crippen LogP contribution in [0.5, 0.6) is 0 Å². The molecule has 0 atom stereocenters. The maximum absolute atomic E-state index is 3.85. The van der Waals surface area contributed by atoms with Gasteiger partial charge in [0.1, 0.15) is 32.9 Å². The van der Waals surface area contributed by atoms with E-state index in [0.29, 0.717) is 0 Å². The van der Waals surface area contributed by atoms with E-state index < -0.39 is 32.9 Å². The SMILES string of the molecule is C[Si]1(C)CC[Si](C)(C)N1.C[Si]1(C)CC[Si](C)(C)N1.[Ge]. The molecule has 0 saturated carbocycles. The number of nitrogens with one attached hydrogen (secondary N) is 2. The van der Waals surface area contributed by atoms with Gasteiger partial charge in [-0.05, 0) is 24.2 Å². The average Bonchev–Trinajstić information content (AvgIpc) is 2.48. The van der Waals surface area contributed by atoms with Crippen molar-refractivity contribution in [3.63, 3.8) is 0 Å². The van der Waals surface area contributed by atoms with Crippen LogP contribution >= 0.6 is 0 Å². The molecule has 19 heavy (non-hydrogen) atoms.